The highest BCUT2D eigenvalue weighted by Gasteiger charge is 2.41. The molecule has 0 heterocycles. The lowest BCUT2D eigenvalue weighted by atomic mass is 10.0. The molecule has 21 heavy (non-hydrogen) atoms. The average molecular weight is 311 g/mol. The summed E-state index contributed by atoms with van der Waals surface area (Å²) >= 11 is 0. The van der Waals surface area contributed by atoms with Crippen LogP contribution < -0.4 is 0 Å². The Morgan fingerprint density at radius 3 is 2.24 bits per heavy atom. The summed E-state index contributed by atoms with van der Waals surface area (Å²) < 4.78 is 6.24. The molecular weight excluding hydrogens is 286 g/mol. The first-order valence-corrected chi connectivity index (χ1v) is 9.98. The van der Waals surface area contributed by atoms with Crippen molar-refractivity contribution in [2.75, 3.05) is 6.54 Å². The number of hydrogen-bond donors (Lipinski definition) is 1. The van der Waals surface area contributed by atoms with E-state index in [2.05, 4.69) is 33.9 Å². The number of nitrogens with zero attached hydrogens (tertiary/aromatic N) is 1. The van der Waals surface area contributed by atoms with E-state index in [4.69, 9.17) is 4.43 Å². The molecule has 0 bridgehead atoms. The molecule has 1 N–H and O–H groups in total. The third-order valence-corrected chi connectivity index (χ3v) is 8.50. The van der Waals surface area contributed by atoms with Gasteiger partial charge in [-0.3, -0.25) is 10.1 Å². The van der Waals surface area contributed by atoms with Crippen molar-refractivity contribution < 1.29 is 14.5 Å². The molecule has 0 fully saturated rings. The summed E-state index contributed by atoms with van der Waals surface area (Å²) in [7, 11) is -2.15. The van der Waals surface area contributed by atoms with Crippen molar-refractivity contribution in [2.45, 2.75) is 51.1 Å². The molecule has 2 atom stereocenters. The molecule has 0 aliphatic heterocycles. The minimum atomic E-state index is -2.15. The van der Waals surface area contributed by atoms with Crippen LogP contribution in [0.1, 0.15) is 32.4 Å². The van der Waals surface area contributed by atoms with E-state index in [1.165, 1.54) is 0 Å². The number of rotatable bonds is 6. The molecule has 0 saturated heterocycles. The van der Waals surface area contributed by atoms with Crippen molar-refractivity contribution in [2.24, 2.45) is 0 Å². The molecule has 0 aliphatic rings. The Balaban J connectivity index is 3.06. The standard InChI is InChI=1S/C15H25NO4Si/c1-15(2,3)21(4,5)20-14(13(17)11-16(18)19)12-9-7-6-8-10-12/h6-10,13-14,17H,11H2,1-5H3/t13-,14+/m0/s1. The highest BCUT2D eigenvalue weighted by molar-refractivity contribution is 6.74. The van der Waals surface area contributed by atoms with Gasteiger partial charge >= 0.3 is 0 Å². The van der Waals surface area contributed by atoms with E-state index in [1.807, 2.05) is 30.3 Å². The second kappa shape index (κ2) is 6.68. The summed E-state index contributed by atoms with van der Waals surface area (Å²) in [6.07, 6.45) is -1.82. The van der Waals surface area contributed by atoms with Gasteiger partial charge in [0, 0.05) is 4.92 Å². The van der Waals surface area contributed by atoms with Gasteiger partial charge in [0.15, 0.2) is 8.32 Å². The number of nitro groups is 1. The molecule has 0 unspecified atom stereocenters. The van der Waals surface area contributed by atoms with Crippen LogP contribution in [0.4, 0.5) is 0 Å². The third-order valence-electron chi connectivity index (χ3n) is 4.04. The van der Waals surface area contributed by atoms with E-state index in [0.29, 0.717) is 0 Å². The fourth-order valence-electron chi connectivity index (χ4n) is 1.75. The van der Waals surface area contributed by atoms with Crippen molar-refractivity contribution in [3.8, 4) is 0 Å². The molecule has 118 valence electrons. The van der Waals surface area contributed by atoms with E-state index in [0.717, 1.165) is 5.56 Å². The number of aliphatic hydroxyl groups excluding tert-OH is 1. The first kappa shape index (κ1) is 17.8. The predicted molar refractivity (Wildman–Crippen MR) is 85.3 cm³/mol. The van der Waals surface area contributed by atoms with Crippen molar-refractivity contribution in [1.82, 2.24) is 0 Å². The van der Waals surface area contributed by atoms with Gasteiger partial charge in [-0.2, -0.15) is 0 Å². The van der Waals surface area contributed by atoms with E-state index in [-0.39, 0.29) is 5.04 Å². The Kier molecular flexibility index (Phi) is 5.66. The Hall–Kier alpha value is -1.24. The zero-order valence-corrected chi connectivity index (χ0v) is 14.4. The molecule has 0 aliphatic carbocycles. The van der Waals surface area contributed by atoms with E-state index >= 15 is 0 Å². The van der Waals surface area contributed by atoms with Crippen molar-refractivity contribution >= 4 is 8.32 Å². The average Bonchev–Trinajstić information content (AvgIpc) is 2.34. The van der Waals surface area contributed by atoms with Crippen LogP contribution in [-0.2, 0) is 4.43 Å². The van der Waals surface area contributed by atoms with Gasteiger partial charge in [0.25, 0.3) is 0 Å². The monoisotopic (exact) mass is 311 g/mol. The smallest absolute Gasteiger partial charge is 0.232 e. The minimum Gasteiger partial charge on any atom is -0.407 e. The summed E-state index contributed by atoms with van der Waals surface area (Å²) in [4.78, 5) is 10.2. The maximum absolute atomic E-state index is 10.7. The Morgan fingerprint density at radius 1 is 1.29 bits per heavy atom. The second-order valence-corrected chi connectivity index (χ2v) is 11.5. The lowest BCUT2D eigenvalue weighted by molar-refractivity contribution is -0.492. The van der Waals surface area contributed by atoms with Crippen molar-refractivity contribution in [1.29, 1.82) is 0 Å². The van der Waals surface area contributed by atoms with Gasteiger partial charge in [0.2, 0.25) is 6.54 Å². The van der Waals surface area contributed by atoms with Crippen LogP contribution in [0, 0.1) is 10.1 Å². The Morgan fingerprint density at radius 2 is 1.81 bits per heavy atom. The SMILES string of the molecule is CC(C)(C)[Si](C)(C)O[C@H](c1ccccc1)[C@@H](O)C[N+](=O)[O-]. The van der Waals surface area contributed by atoms with E-state index < -0.39 is 32.0 Å². The molecule has 0 saturated carbocycles. The van der Waals surface area contributed by atoms with Crippen LogP contribution in [0.25, 0.3) is 0 Å². The van der Waals surface area contributed by atoms with Crippen LogP contribution in [-0.4, -0.2) is 31.0 Å². The largest absolute Gasteiger partial charge is 0.407 e. The number of benzene rings is 1. The normalized spacial score (nSPS) is 15.5. The van der Waals surface area contributed by atoms with Crippen LogP contribution in [0.3, 0.4) is 0 Å². The van der Waals surface area contributed by atoms with Gasteiger partial charge in [-0.15, -0.1) is 0 Å². The third kappa shape index (κ3) is 4.91. The lowest BCUT2D eigenvalue weighted by Gasteiger charge is -2.40. The van der Waals surface area contributed by atoms with Crippen LogP contribution in [0.5, 0.6) is 0 Å². The van der Waals surface area contributed by atoms with Gasteiger partial charge in [0.05, 0.1) is 0 Å². The Labute approximate surface area is 127 Å². The number of hydrogen-bond acceptors (Lipinski definition) is 4. The van der Waals surface area contributed by atoms with Crippen LogP contribution in [0.2, 0.25) is 18.1 Å². The molecule has 1 aromatic rings. The molecule has 0 spiro atoms. The van der Waals surface area contributed by atoms with E-state index in [9.17, 15) is 15.2 Å². The molecule has 0 radical (unpaired) electrons. The molecule has 1 aromatic carbocycles. The van der Waals surface area contributed by atoms with Crippen molar-refractivity contribution in [3.05, 3.63) is 46.0 Å². The highest BCUT2D eigenvalue weighted by atomic mass is 28.4. The summed E-state index contributed by atoms with van der Waals surface area (Å²) in [6, 6.07) is 9.22. The number of aliphatic hydroxyl groups is 1. The molecule has 6 heteroatoms. The van der Waals surface area contributed by atoms with E-state index in [1.54, 1.807) is 0 Å². The summed E-state index contributed by atoms with van der Waals surface area (Å²) in [6.45, 7) is 9.92. The van der Waals surface area contributed by atoms with Gasteiger partial charge in [-0.1, -0.05) is 51.1 Å². The van der Waals surface area contributed by atoms with Crippen LogP contribution in [0.15, 0.2) is 30.3 Å². The summed E-state index contributed by atoms with van der Waals surface area (Å²) in [5, 5.41) is 20.9. The second-order valence-electron chi connectivity index (χ2n) is 6.79. The molecular formula is C15H25NO4Si. The predicted octanol–water partition coefficient (Wildman–Crippen LogP) is 3.39. The fraction of sp³-hybridized carbons (Fsp3) is 0.600. The van der Waals surface area contributed by atoms with Gasteiger partial charge < -0.3 is 9.53 Å². The molecule has 0 aromatic heterocycles. The zero-order valence-electron chi connectivity index (χ0n) is 13.4. The quantitative estimate of drug-likeness (QED) is 0.496. The maximum Gasteiger partial charge on any atom is 0.232 e. The maximum atomic E-state index is 10.7. The van der Waals surface area contributed by atoms with Gasteiger partial charge in [-0.05, 0) is 23.7 Å². The highest BCUT2D eigenvalue weighted by Crippen LogP contribution is 2.40. The minimum absolute atomic E-state index is 0.0334. The molecule has 0 amide bonds. The summed E-state index contributed by atoms with van der Waals surface area (Å²) in [5.41, 5.74) is 0.775. The molecule has 1 rings (SSSR count). The zero-order chi connectivity index (χ0) is 16.3. The van der Waals surface area contributed by atoms with Gasteiger partial charge in [-0.25, -0.2) is 0 Å². The summed E-state index contributed by atoms with van der Waals surface area (Å²) in [5.74, 6) is 0. The molecule has 5 nitrogen and oxygen atoms in total. The Bertz CT molecular complexity index is 470. The fourth-order valence-corrected chi connectivity index (χ4v) is 3.04. The van der Waals surface area contributed by atoms with Crippen LogP contribution >= 0.6 is 0 Å². The first-order valence-electron chi connectivity index (χ1n) is 7.07. The first-order chi connectivity index (χ1) is 9.54. The topological polar surface area (TPSA) is 72.6 Å². The lowest BCUT2D eigenvalue weighted by Crippen LogP contribution is -2.45. The van der Waals surface area contributed by atoms with Gasteiger partial charge in [0.1, 0.15) is 12.2 Å². The van der Waals surface area contributed by atoms with Crippen molar-refractivity contribution in [3.63, 3.8) is 0 Å².